The van der Waals surface area contributed by atoms with Crippen molar-refractivity contribution in [3.8, 4) is 0 Å². The number of hydrogen-bond acceptors (Lipinski definition) is 3. The molecule has 0 saturated heterocycles. The van der Waals surface area contributed by atoms with Crippen molar-refractivity contribution in [3.05, 3.63) is 29.3 Å². The Bertz CT molecular complexity index is 416. The maximum absolute atomic E-state index is 13.6. The molecule has 1 rings (SSSR count). The van der Waals surface area contributed by atoms with E-state index in [0.717, 1.165) is 6.07 Å². The van der Waals surface area contributed by atoms with Crippen LogP contribution in [-0.4, -0.2) is 38.3 Å². The smallest absolute Gasteiger partial charge is 0.137 e. The van der Waals surface area contributed by atoms with Crippen molar-refractivity contribution in [2.24, 2.45) is 0 Å². The van der Waals surface area contributed by atoms with E-state index in [9.17, 15) is 8.78 Å². The van der Waals surface area contributed by atoms with Crippen molar-refractivity contribution in [2.45, 2.75) is 6.42 Å². The maximum Gasteiger partial charge on any atom is 0.137 e. The summed E-state index contributed by atoms with van der Waals surface area (Å²) in [5.74, 6) is -1.34. The zero-order chi connectivity index (χ0) is 13.0. The maximum atomic E-state index is 13.6. The zero-order valence-corrected chi connectivity index (χ0v) is 10.3. The molecule has 0 spiro atoms. The van der Waals surface area contributed by atoms with Crippen LogP contribution in [0.3, 0.4) is 0 Å². The van der Waals surface area contributed by atoms with E-state index in [4.69, 9.17) is 5.41 Å². The highest BCUT2D eigenvalue weighted by Crippen LogP contribution is 2.22. The molecule has 0 radical (unpaired) electrons. The summed E-state index contributed by atoms with van der Waals surface area (Å²) in [7, 11) is 5.34. The molecule has 0 atom stereocenters. The van der Waals surface area contributed by atoms with Crippen LogP contribution in [-0.2, 0) is 0 Å². The molecule has 0 saturated carbocycles. The van der Waals surface area contributed by atoms with Gasteiger partial charge in [-0.25, -0.2) is 8.78 Å². The molecule has 2 N–H and O–H groups in total. The largest absolute Gasteiger partial charge is 0.387 e. The molecule has 94 valence electrons. The second-order valence-corrected chi connectivity index (χ2v) is 4.09. The Balaban J connectivity index is 2.99. The average Bonchev–Trinajstić information content (AvgIpc) is 2.24. The van der Waals surface area contributed by atoms with Crippen LogP contribution >= 0.6 is 0 Å². The van der Waals surface area contributed by atoms with Gasteiger partial charge in [-0.15, -0.1) is 0 Å². The van der Waals surface area contributed by atoms with Gasteiger partial charge in [-0.1, -0.05) is 0 Å². The lowest BCUT2D eigenvalue weighted by molar-refractivity contribution is 0.421. The summed E-state index contributed by atoms with van der Waals surface area (Å²) < 4.78 is 26.7. The van der Waals surface area contributed by atoms with Gasteiger partial charge in [0.15, 0.2) is 0 Å². The molecule has 5 heteroatoms. The highest BCUT2D eigenvalue weighted by Gasteiger charge is 2.15. The molecular weight excluding hydrogens is 224 g/mol. The van der Waals surface area contributed by atoms with Crippen molar-refractivity contribution < 1.29 is 8.78 Å². The molecule has 0 heterocycles. The van der Waals surface area contributed by atoms with E-state index in [2.05, 4.69) is 5.32 Å². The Labute approximate surface area is 99.9 Å². The Kier molecular flexibility index (Phi) is 4.57. The van der Waals surface area contributed by atoms with E-state index < -0.39 is 11.6 Å². The number of rotatable bonds is 5. The molecule has 1 aromatic rings. The lowest BCUT2D eigenvalue weighted by Gasteiger charge is -2.14. The third kappa shape index (κ3) is 3.49. The summed E-state index contributed by atoms with van der Waals surface area (Å²) >= 11 is 0. The molecule has 0 aromatic heterocycles. The number of benzene rings is 1. The van der Waals surface area contributed by atoms with Gasteiger partial charge in [-0.2, -0.15) is 0 Å². The Morgan fingerprint density at radius 2 is 2.00 bits per heavy atom. The summed E-state index contributed by atoms with van der Waals surface area (Å²) in [5.41, 5.74) is 0.627. The van der Waals surface area contributed by atoms with E-state index in [1.54, 1.807) is 7.05 Å². The number of nitrogens with one attached hydrogen (secondary N) is 2. The number of nitrogens with zero attached hydrogens (tertiary/aromatic N) is 1. The Morgan fingerprint density at radius 1 is 1.35 bits per heavy atom. The first-order chi connectivity index (χ1) is 7.95. The van der Waals surface area contributed by atoms with Crippen molar-refractivity contribution in [1.82, 2.24) is 4.90 Å². The third-order valence-electron chi connectivity index (χ3n) is 2.44. The van der Waals surface area contributed by atoms with Crippen molar-refractivity contribution in [2.75, 3.05) is 33.0 Å². The SMILES string of the molecule is CNc1cc(F)cc(F)c1C(=N)CCN(C)C. The fourth-order valence-electron chi connectivity index (χ4n) is 1.54. The fourth-order valence-corrected chi connectivity index (χ4v) is 1.54. The summed E-state index contributed by atoms with van der Waals surface area (Å²) in [6, 6.07) is 2.00. The first kappa shape index (κ1) is 13.6. The fraction of sp³-hybridized carbons (Fsp3) is 0.417. The summed E-state index contributed by atoms with van der Waals surface area (Å²) in [6.45, 7) is 0.652. The van der Waals surface area contributed by atoms with Gasteiger partial charge in [-0.3, -0.25) is 0 Å². The molecule has 17 heavy (non-hydrogen) atoms. The van der Waals surface area contributed by atoms with Gasteiger partial charge < -0.3 is 15.6 Å². The van der Waals surface area contributed by atoms with E-state index in [0.29, 0.717) is 18.7 Å². The molecule has 0 amide bonds. The molecular formula is C12H17F2N3. The predicted molar refractivity (Wildman–Crippen MR) is 65.9 cm³/mol. The van der Waals surface area contributed by atoms with E-state index >= 15 is 0 Å². The van der Waals surface area contributed by atoms with Crippen LogP contribution in [0.15, 0.2) is 12.1 Å². The minimum Gasteiger partial charge on any atom is -0.387 e. The van der Waals surface area contributed by atoms with E-state index in [-0.39, 0.29) is 11.3 Å². The summed E-state index contributed by atoms with van der Waals surface area (Å²) in [5, 5.41) is 10.6. The number of halogens is 2. The van der Waals surface area contributed by atoms with Crippen LogP contribution in [0.1, 0.15) is 12.0 Å². The van der Waals surface area contributed by atoms with E-state index in [1.165, 1.54) is 6.07 Å². The molecule has 3 nitrogen and oxygen atoms in total. The van der Waals surface area contributed by atoms with Crippen molar-refractivity contribution in [3.63, 3.8) is 0 Å². The summed E-state index contributed by atoms with van der Waals surface area (Å²) in [6.07, 6.45) is 0.421. The highest BCUT2D eigenvalue weighted by atomic mass is 19.1. The van der Waals surface area contributed by atoms with Crippen molar-refractivity contribution >= 4 is 11.4 Å². The second-order valence-electron chi connectivity index (χ2n) is 4.09. The van der Waals surface area contributed by atoms with Gasteiger partial charge >= 0.3 is 0 Å². The minimum absolute atomic E-state index is 0.149. The molecule has 0 aliphatic heterocycles. The number of anilines is 1. The van der Waals surface area contributed by atoms with Crippen LogP contribution in [0.2, 0.25) is 0 Å². The molecule has 0 fully saturated rings. The minimum atomic E-state index is -0.696. The monoisotopic (exact) mass is 241 g/mol. The van der Waals surface area contributed by atoms with Gasteiger partial charge in [0, 0.05) is 37.5 Å². The predicted octanol–water partition coefficient (Wildman–Crippen LogP) is 2.33. The van der Waals surface area contributed by atoms with Gasteiger partial charge in [-0.05, 0) is 20.2 Å². The zero-order valence-electron chi connectivity index (χ0n) is 10.3. The first-order valence-corrected chi connectivity index (χ1v) is 5.35. The van der Waals surface area contributed by atoms with Crippen LogP contribution in [0.4, 0.5) is 14.5 Å². The van der Waals surface area contributed by atoms with Crippen molar-refractivity contribution in [1.29, 1.82) is 5.41 Å². The normalized spacial score (nSPS) is 10.7. The molecule has 0 aliphatic carbocycles. The second kappa shape index (κ2) is 5.72. The van der Waals surface area contributed by atoms with Crippen LogP contribution in [0.5, 0.6) is 0 Å². The van der Waals surface area contributed by atoms with Gasteiger partial charge in [0.2, 0.25) is 0 Å². The van der Waals surface area contributed by atoms with Crippen LogP contribution in [0, 0.1) is 17.0 Å². The Morgan fingerprint density at radius 3 is 2.53 bits per heavy atom. The van der Waals surface area contributed by atoms with Gasteiger partial charge in [0.25, 0.3) is 0 Å². The van der Waals surface area contributed by atoms with Gasteiger partial charge in [0.1, 0.15) is 11.6 Å². The summed E-state index contributed by atoms with van der Waals surface area (Å²) in [4.78, 5) is 1.91. The van der Waals surface area contributed by atoms with E-state index in [1.807, 2.05) is 19.0 Å². The van der Waals surface area contributed by atoms with Crippen LogP contribution < -0.4 is 5.32 Å². The first-order valence-electron chi connectivity index (χ1n) is 5.35. The highest BCUT2D eigenvalue weighted by molar-refractivity contribution is 6.03. The standard InChI is InChI=1S/C12H17F2N3/c1-16-11-7-8(13)6-9(14)12(11)10(15)4-5-17(2)3/h6-7,15-16H,4-5H2,1-3H3. The van der Waals surface area contributed by atoms with Crippen LogP contribution in [0.25, 0.3) is 0 Å². The average molecular weight is 241 g/mol. The Hall–Kier alpha value is -1.49. The quantitative estimate of drug-likeness (QED) is 0.777. The molecule has 0 bridgehead atoms. The lowest BCUT2D eigenvalue weighted by Crippen LogP contribution is -2.18. The molecule has 1 aromatic carbocycles. The molecule has 0 aliphatic rings. The van der Waals surface area contributed by atoms with Gasteiger partial charge in [0.05, 0.1) is 5.56 Å². The topological polar surface area (TPSA) is 39.1 Å². The number of hydrogen-bond donors (Lipinski definition) is 2. The lowest BCUT2D eigenvalue weighted by atomic mass is 10.0. The molecule has 0 unspecified atom stereocenters. The third-order valence-corrected chi connectivity index (χ3v) is 2.44.